The number of hydrogen-bond acceptors (Lipinski definition) is 3. The van der Waals surface area contributed by atoms with Crippen LogP contribution in [-0.2, 0) is 4.74 Å². The molecule has 1 aromatic carbocycles. The Kier molecular flexibility index (Phi) is 6.61. The number of likely N-dealkylation sites (N-methyl/N-ethyl adjacent to an activating group) is 1. The Balaban J connectivity index is 2.70. The van der Waals surface area contributed by atoms with E-state index < -0.39 is 17.8 Å². The Morgan fingerprint density at radius 3 is 2.62 bits per heavy atom. The Labute approximate surface area is 122 Å². The number of urea groups is 1. The molecule has 0 saturated carbocycles. The van der Waals surface area contributed by atoms with Crippen LogP contribution >= 0.6 is 0 Å². The third-order valence-corrected chi connectivity index (χ3v) is 2.84. The summed E-state index contributed by atoms with van der Waals surface area (Å²) in [7, 11) is 0. The first kappa shape index (κ1) is 16.9. The van der Waals surface area contributed by atoms with Gasteiger partial charge in [-0.3, -0.25) is 0 Å². The van der Waals surface area contributed by atoms with Crippen molar-refractivity contribution >= 4 is 17.7 Å². The van der Waals surface area contributed by atoms with Crippen LogP contribution in [0.4, 0.5) is 14.9 Å². The lowest BCUT2D eigenvalue weighted by Gasteiger charge is -2.21. The topological polar surface area (TPSA) is 78.9 Å². The maximum atomic E-state index is 13.7. The maximum Gasteiger partial charge on any atom is 0.335 e. The van der Waals surface area contributed by atoms with Crippen LogP contribution in [0.15, 0.2) is 18.2 Å². The first-order valence-electron chi connectivity index (χ1n) is 6.66. The first-order chi connectivity index (χ1) is 9.99. The number of halogens is 1. The van der Waals surface area contributed by atoms with Gasteiger partial charge in [0, 0.05) is 19.7 Å². The monoisotopic (exact) mass is 298 g/mol. The fourth-order valence-electron chi connectivity index (χ4n) is 1.67. The molecule has 0 aliphatic heterocycles. The zero-order valence-corrected chi connectivity index (χ0v) is 12.1. The van der Waals surface area contributed by atoms with Crippen molar-refractivity contribution < 1.29 is 23.8 Å². The van der Waals surface area contributed by atoms with Crippen LogP contribution in [-0.4, -0.2) is 48.3 Å². The minimum absolute atomic E-state index is 0.0557. The van der Waals surface area contributed by atoms with Crippen LogP contribution in [0.5, 0.6) is 0 Å². The Hall–Kier alpha value is -2.15. The molecule has 0 aromatic heterocycles. The van der Waals surface area contributed by atoms with Crippen LogP contribution in [0.25, 0.3) is 0 Å². The predicted molar refractivity (Wildman–Crippen MR) is 76.1 cm³/mol. The summed E-state index contributed by atoms with van der Waals surface area (Å²) in [6.07, 6.45) is 0. The first-order valence-corrected chi connectivity index (χ1v) is 6.66. The Morgan fingerprint density at radius 2 is 2.10 bits per heavy atom. The number of carboxylic acids is 1. The average molecular weight is 298 g/mol. The van der Waals surface area contributed by atoms with Crippen molar-refractivity contribution in [3.05, 3.63) is 29.6 Å². The number of hydrogen-bond donors (Lipinski definition) is 2. The largest absolute Gasteiger partial charge is 0.478 e. The summed E-state index contributed by atoms with van der Waals surface area (Å²) in [5.41, 5.74) is -0.228. The highest BCUT2D eigenvalue weighted by Crippen LogP contribution is 2.16. The van der Waals surface area contributed by atoms with E-state index in [0.717, 1.165) is 6.07 Å². The number of rotatable bonds is 7. The number of anilines is 1. The number of nitrogens with one attached hydrogen (secondary N) is 1. The molecule has 0 aliphatic carbocycles. The summed E-state index contributed by atoms with van der Waals surface area (Å²) in [5, 5.41) is 11.2. The van der Waals surface area contributed by atoms with Crippen LogP contribution in [0, 0.1) is 5.82 Å². The third kappa shape index (κ3) is 5.03. The lowest BCUT2D eigenvalue weighted by Crippen LogP contribution is -2.37. The van der Waals surface area contributed by atoms with Crippen LogP contribution < -0.4 is 5.32 Å². The zero-order chi connectivity index (χ0) is 15.8. The second kappa shape index (κ2) is 8.21. The van der Waals surface area contributed by atoms with Gasteiger partial charge >= 0.3 is 12.0 Å². The van der Waals surface area contributed by atoms with Crippen molar-refractivity contribution in [2.45, 2.75) is 13.8 Å². The van der Waals surface area contributed by atoms with Gasteiger partial charge in [-0.25, -0.2) is 14.0 Å². The van der Waals surface area contributed by atoms with E-state index in [1.54, 1.807) is 6.92 Å². The molecule has 0 heterocycles. The fraction of sp³-hybridized carbons (Fsp3) is 0.429. The molecule has 6 nitrogen and oxygen atoms in total. The van der Waals surface area contributed by atoms with E-state index in [1.165, 1.54) is 17.0 Å². The average Bonchev–Trinajstić information content (AvgIpc) is 2.45. The van der Waals surface area contributed by atoms with Crippen molar-refractivity contribution in [1.82, 2.24) is 4.90 Å². The van der Waals surface area contributed by atoms with Gasteiger partial charge in [0.25, 0.3) is 0 Å². The summed E-state index contributed by atoms with van der Waals surface area (Å²) < 4.78 is 18.9. The molecule has 2 amide bonds. The lowest BCUT2D eigenvalue weighted by atomic mass is 10.2. The van der Waals surface area contributed by atoms with Crippen molar-refractivity contribution in [2.75, 3.05) is 31.6 Å². The highest BCUT2D eigenvalue weighted by atomic mass is 19.1. The van der Waals surface area contributed by atoms with Crippen molar-refractivity contribution in [1.29, 1.82) is 0 Å². The van der Waals surface area contributed by atoms with Crippen LogP contribution in [0.1, 0.15) is 24.2 Å². The number of amides is 2. The summed E-state index contributed by atoms with van der Waals surface area (Å²) in [6.45, 7) is 5.46. The molecule has 21 heavy (non-hydrogen) atoms. The highest BCUT2D eigenvalue weighted by Gasteiger charge is 2.15. The molecule has 0 spiro atoms. The SMILES string of the molecule is CCOCCN(CC)C(=O)Nc1ccc(C(=O)O)cc1F. The van der Waals surface area contributed by atoms with E-state index in [-0.39, 0.29) is 11.3 Å². The molecule has 0 aliphatic rings. The summed E-state index contributed by atoms with van der Waals surface area (Å²) in [5.74, 6) is -2.01. The lowest BCUT2D eigenvalue weighted by molar-refractivity contribution is 0.0696. The van der Waals surface area contributed by atoms with Gasteiger partial charge in [0.15, 0.2) is 0 Å². The van der Waals surface area contributed by atoms with Gasteiger partial charge < -0.3 is 20.1 Å². The van der Waals surface area contributed by atoms with Gasteiger partial charge in [0.05, 0.1) is 17.9 Å². The minimum Gasteiger partial charge on any atom is -0.478 e. The smallest absolute Gasteiger partial charge is 0.335 e. The van der Waals surface area contributed by atoms with Crippen LogP contribution in [0.3, 0.4) is 0 Å². The molecule has 2 N–H and O–H groups in total. The molecule has 1 rings (SSSR count). The molecular weight excluding hydrogens is 279 g/mol. The van der Waals surface area contributed by atoms with Gasteiger partial charge in [-0.05, 0) is 32.0 Å². The number of ether oxygens (including phenoxy) is 1. The number of carbonyl (C=O) groups excluding carboxylic acids is 1. The van der Waals surface area contributed by atoms with E-state index in [2.05, 4.69) is 5.32 Å². The zero-order valence-electron chi connectivity index (χ0n) is 12.1. The van der Waals surface area contributed by atoms with Crippen molar-refractivity contribution in [3.63, 3.8) is 0 Å². The Morgan fingerprint density at radius 1 is 1.38 bits per heavy atom. The van der Waals surface area contributed by atoms with Crippen molar-refractivity contribution in [2.24, 2.45) is 0 Å². The maximum absolute atomic E-state index is 13.7. The molecule has 0 fully saturated rings. The molecule has 7 heteroatoms. The van der Waals surface area contributed by atoms with Gasteiger partial charge in [-0.15, -0.1) is 0 Å². The molecule has 0 bridgehead atoms. The summed E-state index contributed by atoms with van der Waals surface area (Å²) in [6, 6.07) is 2.87. The molecule has 1 aromatic rings. The normalized spacial score (nSPS) is 10.2. The minimum atomic E-state index is -1.22. The number of aromatic carboxylic acids is 1. The quantitative estimate of drug-likeness (QED) is 0.758. The molecular formula is C14H19FN2O4. The predicted octanol–water partition coefficient (Wildman–Crippen LogP) is 2.41. The Bertz CT molecular complexity index is 508. The van der Waals surface area contributed by atoms with Gasteiger partial charge in [0.2, 0.25) is 0 Å². The van der Waals surface area contributed by atoms with E-state index in [1.807, 2.05) is 6.92 Å². The molecule has 0 radical (unpaired) electrons. The van der Waals surface area contributed by atoms with Gasteiger partial charge in [0.1, 0.15) is 5.82 Å². The van der Waals surface area contributed by atoms with Crippen molar-refractivity contribution in [3.8, 4) is 0 Å². The molecule has 0 saturated heterocycles. The summed E-state index contributed by atoms with van der Waals surface area (Å²) in [4.78, 5) is 24.2. The van der Waals surface area contributed by atoms with Gasteiger partial charge in [-0.2, -0.15) is 0 Å². The number of benzene rings is 1. The van der Waals surface area contributed by atoms with E-state index in [4.69, 9.17) is 9.84 Å². The molecule has 116 valence electrons. The standard InChI is InChI=1S/C14H19FN2O4/c1-3-17(7-8-21-4-2)14(20)16-12-6-5-10(13(18)19)9-11(12)15/h5-6,9H,3-4,7-8H2,1-2H3,(H,16,20)(H,18,19). The van der Waals surface area contributed by atoms with Gasteiger partial charge in [-0.1, -0.05) is 0 Å². The van der Waals surface area contributed by atoms with Crippen LogP contribution in [0.2, 0.25) is 0 Å². The van der Waals surface area contributed by atoms with E-state index in [0.29, 0.717) is 26.3 Å². The second-order valence-electron chi connectivity index (χ2n) is 4.21. The second-order valence-corrected chi connectivity index (χ2v) is 4.21. The molecule has 0 atom stereocenters. The van der Waals surface area contributed by atoms with E-state index >= 15 is 0 Å². The number of carboxylic acid groups (broad SMARTS) is 1. The third-order valence-electron chi connectivity index (χ3n) is 2.84. The number of nitrogens with zero attached hydrogens (tertiary/aromatic N) is 1. The molecule has 0 unspecified atom stereocenters. The summed E-state index contributed by atoms with van der Waals surface area (Å²) >= 11 is 0. The number of carbonyl (C=O) groups is 2. The van der Waals surface area contributed by atoms with E-state index in [9.17, 15) is 14.0 Å². The highest BCUT2D eigenvalue weighted by molar-refractivity contribution is 5.91. The fourth-order valence-corrected chi connectivity index (χ4v) is 1.67.